The Labute approximate surface area is 174 Å². The van der Waals surface area contributed by atoms with Gasteiger partial charge in [0.15, 0.2) is 5.96 Å². The Balaban J connectivity index is 0.00000364. The molecule has 0 unspecified atom stereocenters. The summed E-state index contributed by atoms with van der Waals surface area (Å²) in [6, 6.07) is 13.3. The first kappa shape index (κ1) is 23.1. The molecule has 2 aromatic rings. The second-order valence-electron chi connectivity index (χ2n) is 5.58. The number of rotatable bonds is 8. The van der Waals surface area contributed by atoms with Crippen LogP contribution in [0.1, 0.15) is 11.1 Å². The van der Waals surface area contributed by atoms with Crippen LogP contribution < -0.4 is 15.4 Å². The fourth-order valence-electron chi connectivity index (χ4n) is 2.29. The van der Waals surface area contributed by atoms with Crippen molar-refractivity contribution < 1.29 is 17.9 Å². The number of hydrogen-bond acceptors (Lipinski definition) is 2. The third-order valence-electron chi connectivity index (χ3n) is 3.58. The van der Waals surface area contributed by atoms with E-state index in [-0.39, 0.29) is 29.8 Å². The second-order valence-corrected chi connectivity index (χ2v) is 5.58. The lowest BCUT2D eigenvalue weighted by Gasteiger charge is -2.13. The summed E-state index contributed by atoms with van der Waals surface area (Å²) in [6.45, 7) is 0.494. The number of aliphatic imine (C=N–C) groups is 1. The molecule has 0 fully saturated rings. The van der Waals surface area contributed by atoms with Crippen molar-refractivity contribution in [3.8, 4) is 5.75 Å². The average molecular weight is 493 g/mol. The lowest BCUT2D eigenvalue weighted by Crippen LogP contribution is -2.37. The molecule has 27 heavy (non-hydrogen) atoms. The smallest absolute Gasteiger partial charge is 0.272 e. The molecule has 2 rings (SSSR count). The average Bonchev–Trinajstić information content (AvgIpc) is 2.64. The van der Waals surface area contributed by atoms with Crippen LogP contribution in [0.2, 0.25) is 0 Å². The van der Waals surface area contributed by atoms with Crippen LogP contribution in [0.25, 0.3) is 0 Å². The van der Waals surface area contributed by atoms with Gasteiger partial charge < -0.3 is 15.4 Å². The van der Waals surface area contributed by atoms with Crippen LogP contribution in [-0.2, 0) is 13.0 Å². The summed E-state index contributed by atoms with van der Waals surface area (Å²) in [4.78, 5) is 4.13. The Hall–Kier alpha value is -1.97. The molecule has 0 saturated heterocycles. The number of hydrogen-bond donors (Lipinski definition) is 2. The summed E-state index contributed by atoms with van der Waals surface area (Å²) < 4.78 is 42.3. The van der Waals surface area contributed by atoms with Crippen LogP contribution in [0.5, 0.6) is 5.75 Å². The summed E-state index contributed by atoms with van der Waals surface area (Å²) in [6.07, 6.45) is -1.77. The van der Waals surface area contributed by atoms with Crippen molar-refractivity contribution in [2.75, 3.05) is 20.2 Å². The van der Waals surface area contributed by atoms with Crippen LogP contribution in [0.4, 0.5) is 13.2 Å². The van der Waals surface area contributed by atoms with E-state index in [2.05, 4.69) is 15.6 Å². The number of benzene rings is 2. The standard InChI is InChI=1S/C19H22F3N3O.HI/c1-23-19(24-10-9-14-5-7-16(20)8-6-14)25-12-15-3-2-4-17(11-15)26-13-18(21)22;/h2-8,11,18H,9-10,12-13H2,1H3,(H2,23,24,25);1H. The molecular formula is C19H23F3IN3O. The zero-order valence-electron chi connectivity index (χ0n) is 14.9. The van der Waals surface area contributed by atoms with Gasteiger partial charge in [-0.2, -0.15) is 0 Å². The number of nitrogens with zero attached hydrogens (tertiary/aromatic N) is 1. The SMILES string of the molecule is CN=C(NCCc1ccc(F)cc1)NCc1cccc(OCC(F)F)c1.I. The molecule has 0 radical (unpaired) electrons. The Morgan fingerprint density at radius 3 is 2.48 bits per heavy atom. The molecule has 148 valence electrons. The summed E-state index contributed by atoms with van der Waals surface area (Å²) in [5.41, 5.74) is 1.91. The molecule has 0 spiro atoms. The van der Waals surface area contributed by atoms with Gasteiger partial charge in [-0.25, -0.2) is 13.2 Å². The maximum atomic E-state index is 12.9. The van der Waals surface area contributed by atoms with Gasteiger partial charge in [0.05, 0.1) is 0 Å². The van der Waals surface area contributed by atoms with Gasteiger partial charge in [-0.1, -0.05) is 24.3 Å². The molecule has 2 N–H and O–H groups in total. The third kappa shape index (κ3) is 8.98. The Bertz CT molecular complexity index is 712. The first-order valence-electron chi connectivity index (χ1n) is 8.25. The van der Waals surface area contributed by atoms with Gasteiger partial charge in [0.2, 0.25) is 0 Å². The third-order valence-corrected chi connectivity index (χ3v) is 3.58. The van der Waals surface area contributed by atoms with Gasteiger partial charge in [-0.05, 0) is 41.8 Å². The predicted octanol–water partition coefficient (Wildman–Crippen LogP) is 4.00. The maximum absolute atomic E-state index is 12.9. The highest BCUT2D eigenvalue weighted by Crippen LogP contribution is 2.14. The van der Waals surface area contributed by atoms with Crippen LogP contribution >= 0.6 is 24.0 Å². The summed E-state index contributed by atoms with van der Waals surface area (Å²) in [5.74, 6) is 0.772. The topological polar surface area (TPSA) is 45.7 Å². The molecule has 0 atom stereocenters. The summed E-state index contributed by atoms with van der Waals surface area (Å²) >= 11 is 0. The largest absolute Gasteiger partial charge is 0.488 e. The highest BCUT2D eigenvalue weighted by Gasteiger charge is 2.05. The normalized spacial score (nSPS) is 11.1. The quantitative estimate of drug-likeness (QED) is 0.332. The van der Waals surface area contributed by atoms with Gasteiger partial charge in [0.1, 0.15) is 18.2 Å². The Morgan fingerprint density at radius 2 is 1.81 bits per heavy atom. The zero-order chi connectivity index (χ0) is 18.8. The highest BCUT2D eigenvalue weighted by molar-refractivity contribution is 14.0. The van der Waals surface area contributed by atoms with Gasteiger partial charge in [0.25, 0.3) is 6.43 Å². The molecule has 2 aromatic carbocycles. The first-order chi connectivity index (χ1) is 12.6. The lowest BCUT2D eigenvalue weighted by molar-refractivity contribution is 0.0818. The van der Waals surface area contributed by atoms with Crippen LogP contribution in [0.3, 0.4) is 0 Å². The van der Waals surface area contributed by atoms with Crippen LogP contribution in [0.15, 0.2) is 53.5 Å². The lowest BCUT2D eigenvalue weighted by atomic mass is 10.1. The molecule has 4 nitrogen and oxygen atoms in total. The van der Waals surface area contributed by atoms with Gasteiger partial charge in [0, 0.05) is 20.1 Å². The van der Waals surface area contributed by atoms with E-state index >= 15 is 0 Å². The van der Waals surface area contributed by atoms with Crippen LogP contribution in [-0.4, -0.2) is 32.6 Å². The van der Waals surface area contributed by atoms with E-state index in [4.69, 9.17) is 4.74 Å². The molecule has 0 amide bonds. The minimum atomic E-state index is -2.50. The summed E-state index contributed by atoms with van der Waals surface area (Å²) in [7, 11) is 1.66. The maximum Gasteiger partial charge on any atom is 0.272 e. The summed E-state index contributed by atoms with van der Waals surface area (Å²) in [5, 5.41) is 6.32. The fraction of sp³-hybridized carbons (Fsp3) is 0.316. The van der Waals surface area contributed by atoms with Crippen molar-refractivity contribution in [2.45, 2.75) is 19.4 Å². The minimum absolute atomic E-state index is 0. The highest BCUT2D eigenvalue weighted by atomic mass is 127. The molecule has 8 heteroatoms. The predicted molar refractivity (Wildman–Crippen MR) is 112 cm³/mol. The molecular weight excluding hydrogens is 470 g/mol. The number of guanidine groups is 1. The molecule has 0 aliphatic rings. The van der Waals surface area contributed by atoms with Crippen molar-refractivity contribution >= 4 is 29.9 Å². The van der Waals surface area contributed by atoms with Crippen molar-refractivity contribution in [3.63, 3.8) is 0 Å². The van der Waals surface area contributed by atoms with E-state index in [0.29, 0.717) is 24.8 Å². The van der Waals surface area contributed by atoms with Gasteiger partial charge in [-0.3, -0.25) is 4.99 Å². The van der Waals surface area contributed by atoms with E-state index in [1.807, 2.05) is 6.07 Å². The molecule has 0 aliphatic heterocycles. The molecule has 0 bridgehead atoms. The van der Waals surface area contributed by atoms with Crippen molar-refractivity contribution in [1.29, 1.82) is 0 Å². The van der Waals surface area contributed by atoms with E-state index in [0.717, 1.165) is 17.5 Å². The van der Waals surface area contributed by atoms with E-state index in [1.165, 1.54) is 12.1 Å². The van der Waals surface area contributed by atoms with E-state index < -0.39 is 13.0 Å². The minimum Gasteiger partial charge on any atom is -0.488 e. The van der Waals surface area contributed by atoms with Gasteiger partial charge >= 0.3 is 0 Å². The zero-order valence-corrected chi connectivity index (χ0v) is 17.3. The number of nitrogens with one attached hydrogen (secondary N) is 2. The van der Waals surface area contributed by atoms with Crippen molar-refractivity contribution in [3.05, 3.63) is 65.5 Å². The number of alkyl halides is 2. The second kappa shape index (κ2) is 12.4. The molecule has 0 heterocycles. The van der Waals surface area contributed by atoms with E-state index in [1.54, 1.807) is 37.4 Å². The monoisotopic (exact) mass is 493 g/mol. The molecule has 0 aliphatic carbocycles. The van der Waals surface area contributed by atoms with Crippen molar-refractivity contribution in [2.24, 2.45) is 4.99 Å². The first-order valence-corrected chi connectivity index (χ1v) is 8.25. The Morgan fingerprint density at radius 1 is 1.07 bits per heavy atom. The fourth-order valence-corrected chi connectivity index (χ4v) is 2.29. The van der Waals surface area contributed by atoms with Crippen molar-refractivity contribution in [1.82, 2.24) is 10.6 Å². The van der Waals surface area contributed by atoms with E-state index in [9.17, 15) is 13.2 Å². The number of ether oxygens (including phenoxy) is 1. The molecule has 0 saturated carbocycles. The molecule has 0 aromatic heterocycles. The number of halogens is 4. The Kier molecular flexibility index (Phi) is 10.6. The van der Waals surface area contributed by atoms with Gasteiger partial charge in [-0.15, -0.1) is 24.0 Å². The van der Waals surface area contributed by atoms with Crippen LogP contribution in [0, 0.1) is 5.82 Å².